The van der Waals surface area contributed by atoms with Crippen LogP contribution >= 0.6 is 0 Å². The van der Waals surface area contributed by atoms with Gasteiger partial charge in [-0.2, -0.15) is 17.8 Å². The van der Waals surface area contributed by atoms with Crippen LogP contribution in [0.25, 0.3) is 16.6 Å². The molecule has 7 nitrogen and oxygen atoms in total. The second-order valence-electron chi connectivity index (χ2n) is 7.67. The fourth-order valence-electron chi connectivity index (χ4n) is 3.66. The van der Waals surface area contributed by atoms with E-state index in [0.29, 0.717) is 5.75 Å². The molecule has 0 saturated heterocycles. The summed E-state index contributed by atoms with van der Waals surface area (Å²) >= 11 is 0. The third-order valence-electron chi connectivity index (χ3n) is 5.65. The van der Waals surface area contributed by atoms with Crippen molar-refractivity contribution in [3.63, 3.8) is 0 Å². The number of aromatic nitrogens is 2. The minimum atomic E-state index is -3.64. The van der Waals surface area contributed by atoms with Gasteiger partial charge in [0.05, 0.1) is 23.4 Å². The van der Waals surface area contributed by atoms with E-state index in [1.165, 1.54) is 30.5 Å². The molecule has 0 bridgehead atoms. The number of rotatable bonds is 8. The van der Waals surface area contributed by atoms with Crippen LogP contribution in [-0.2, 0) is 10.2 Å². The molecule has 2 atom stereocenters. The summed E-state index contributed by atoms with van der Waals surface area (Å²) in [6.45, 7) is 1.80. The number of likely N-dealkylation sites (N-methyl/N-ethyl adjacent to an activating group) is 1. The Morgan fingerprint density at radius 3 is 2.42 bits per heavy atom. The molecule has 1 N–H and O–H groups in total. The molecular formula is C24H25FN4O3S. The molecule has 0 aliphatic carbocycles. The molecule has 4 rings (SSSR count). The van der Waals surface area contributed by atoms with Gasteiger partial charge in [-0.3, -0.25) is 0 Å². The summed E-state index contributed by atoms with van der Waals surface area (Å²) in [5.74, 6) is 0.273. The van der Waals surface area contributed by atoms with Gasteiger partial charge in [-0.1, -0.05) is 30.3 Å². The van der Waals surface area contributed by atoms with Crippen molar-refractivity contribution in [2.45, 2.75) is 19.1 Å². The third-order valence-corrected chi connectivity index (χ3v) is 7.26. The van der Waals surface area contributed by atoms with Crippen molar-refractivity contribution in [1.29, 1.82) is 0 Å². The molecule has 0 spiro atoms. The summed E-state index contributed by atoms with van der Waals surface area (Å²) in [6.07, 6.45) is 1.16. The maximum atomic E-state index is 13.3. The first-order valence-corrected chi connectivity index (χ1v) is 11.9. The number of halogens is 1. The number of fused-ring (bicyclic) bond motifs is 1. The van der Waals surface area contributed by atoms with Crippen LogP contribution in [0.3, 0.4) is 0 Å². The average Bonchev–Trinajstić information content (AvgIpc) is 3.26. The Bertz CT molecular complexity index is 1340. The third kappa shape index (κ3) is 4.75. The SMILES string of the molecule is CNS(=O)(=O)N(C)[C@@H](C)[C@H](Oc1ccc2c(cnn2-c2ccc(F)cc2)c1)c1ccccc1. The molecule has 33 heavy (non-hydrogen) atoms. The predicted octanol–water partition coefficient (Wildman–Crippen LogP) is 4.07. The van der Waals surface area contributed by atoms with Crippen LogP contribution in [0.4, 0.5) is 4.39 Å². The Morgan fingerprint density at radius 2 is 1.76 bits per heavy atom. The van der Waals surface area contributed by atoms with Crippen LogP contribution in [0.15, 0.2) is 79.0 Å². The molecule has 9 heteroatoms. The summed E-state index contributed by atoms with van der Waals surface area (Å²) in [5.41, 5.74) is 2.44. The van der Waals surface area contributed by atoms with Gasteiger partial charge in [0.15, 0.2) is 0 Å². The maximum absolute atomic E-state index is 13.3. The van der Waals surface area contributed by atoms with Gasteiger partial charge in [-0.15, -0.1) is 0 Å². The molecule has 0 aliphatic heterocycles. The Labute approximate surface area is 192 Å². The highest BCUT2D eigenvalue weighted by Gasteiger charge is 2.31. The standard InChI is InChI=1S/C24H25FN4O3S/c1-17(28(3)33(30,31)26-2)24(18-7-5-4-6-8-18)32-22-13-14-23-19(15-22)16-27-29(23)21-11-9-20(25)10-12-21/h4-17,24,26H,1-3H3/t17-,24-/m0/s1. The van der Waals surface area contributed by atoms with E-state index in [-0.39, 0.29) is 5.82 Å². The zero-order valence-electron chi connectivity index (χ0n) is 18.5. The second kappa shape index (κ2) is 9.30. The molecule has 0 saturated carbocycles. The van der Waals surface area contributed by atoms with Crippen LogP contribution < -0.4 is 9.46 Å². The van der Waals surface area contributed by atoms with Gasteiger partial charge in [-0.25, -0.2) is 13.8 Å². The van der Waals surface area contributed by atoms with Crippen LogP contribution in [0.1, 0.15) is 18.6 Å². The van der Waals surface area contributed by atoms with E-state index in [0.717, 1.165) is 22.2 Å². The molecule has 0 amide bonds. The van der Waals surface area contributed by atoms with Gasteiger partial charge in [-0.05, 0) is 55.0 Å². The van der Waals surface area contributed by atoms with Gasteiger partial charge < -0.3 is 4.74 Å². The number of ether oxygens (including phenoxy) is 1. The van der Waals surface area contributed by atoms with E-state index >= 15 is 0 Å². The van der Waals surface area contributed by atoms with Gasteiger partial charge in [0.1, 0.15) is 17.7 Å². The summed E-state index contributed by atoms with van der Waals surface area (Å²) in [4.78, 5) is 0. The van der Waals surface area contributed by atoms with Gasteiger partial charge in [0.2, 0.25) is 0 Å². The Morgan fingerprint density at radius 1 is 1.06 bits per heavy atom. The van der Waals surface area contributed by atoms with Crippen molar-refractivity contribution < 1.29 is 17.5 Å². The Hall–Kier alpha value is -3.27. The van der Waals surface area contributed by atoms with E-state index in [1.807, 2.05) is 48.5 Å². The highest BCUT2D eigenvalue weighted by molar-refractivity contribution is 7.87. The van der Waals surface area contributed by atoms with Gasteiger partial charge in [0, 0.05) is 19.5 Å². The summed E-state index contributed by atoms with van der Waals surface area (Å²) in [5, 5.41) is 5.26. The van der Waals surface area contributed by atoms with Crippen LogP contribution in [0.2, 0.25) is 0 Å². The number of nitrogens with zero attached hydrogens (tertiary/aromatic N) is 3. The van der Waals surface area contributed by atoms with Gasteiger partial charge >= 0.3 is 0 Å². The topological polar surface area (TPSA) is 76.5 Å². The number of nitrogens with one attached hydrogen (secondary N) is 1. The first kappa shape index (κ1) is 22.9. The van der Waals surface area contributed by atoms with Gasteiger partial charge in [0.25, 0.3) is 10.2 Å². The normalized spacial score (nSPS) is 13.8. The first-order valence-electron chi connectivity index (χ1n) is 10.4. The molecule has 172 valence electrons. The molecule has 3 aromatic carbocycles. The molecule has 4 aromatic rings. The fourth-order valence-corrected chi connectivity index (χ4v) is 4.50. The lowest BCUT2D eigenvalue weighted by molar-refractivity contribution is 0.131. The largest absolute Gasteiger partial charge is 0.484 e. The van der Waals surface area contributed by atoms with Crippen LogP contribution in [0, 0.1) is 5.82 Å². The highest BCUT2D eigenvalue weighted by atomic mass is 32.2. The van der Waals surface area contributed by atoms with E-state index in [9.17, 15) is 12.8 Å². The molecule has 0 unspecified atom stereocenters. The quantitative estimate of drug-likeness (QED) is 0.423. The highest BCUT2D eigenvalue weighted by Crippen LogP contribution is 2.30. The van der Waals surface area contributed by atoms with Crippen LogP contribution in [0.5, 0.6) is 5.75 Å². The average molecular weight is 469 g/mol. The fraction of sp³-hybridized carbons (Fsp3) is 0.208. The predicted molar refractivity (Wildman–Crippen MR) is 126 cm³/mol. The minimum absolute atomic E-state index is 0.308. The molecule has 0 fully saturated rings. The number of benzene rings is 3. The smallest absolute Gasteiger partial charge is 0.279 e. The van der Waals surface area contributed by atoms with E-state index < -0.39 is 22.4 Å². The molecule has 0 radical (unpaired) electrons. The maximum Gasteiger partial charge on any atom is 0.279 e. The van der Waals surface area contributed by atoms with E-state index in [1.54, 1.807) is 29.9 Å². The zero-order valence-corrected chi connectivity index (χ0v) is 19.3. The van der Waals surface area contributed by atoms with Crippen molar-refractivity contribution >= 4 is 21.1 Å². The minimum Gasteiger partial charge on any atom is -0.484 e. The van der Waals surface area contributed by atoms with E-state index in [2.05, 4.69) is 9.82 Å². The van der Waals surface area contributed by atoms with Crippen molar-refractivity contribution in [3.05, 3.63) is 90.4 Å². The lowest BCUT2D eigenvalue weighted by atomic mass is 10.0. The zero-order chi connectivity index (χ0) is 23.6. The molecular weight excluding hydrogens is 443 g/mol. The van der Waals surface area contributed by atoms with Crippen molar-refractivity contribution in [2.75, 3.05) is 14.1 Å². The van der Waals surface area contributed by atoms with Crippen molar-refractivity contribution in [2.24, 2.45) is 0 Å². The lowest BCUT2D eigenvalue weighted by Crippen LogP contribution is -2.45. The number of hydrogen-bond acceptors (Lipinski definition) is 4. The Balaban J connectivity index is 1.67. The Kier molecular flexibility index (Phi) is 6.46. The molecule has 1 heterocycles. The monoisotopic (exact) mass is 468 g/mol. The summed E-state index contributed by atoms with van der Waals surface area (Å²) < 4.78 is 49.7. The second-order valence-corrected chi connectivity index (χ2v) is 9.60. The van der Waals surface area contributed by atoms with E-state index in [4.69, 9.17) is 4.74 Å². The van der Waals surface area contributed by atoms with Crippen LogP contribution in [-0.4, -0.2) is 42.6 Å². The molecule has 0 aliphatic rings. The summed E-state index contributed by atoms with van der Waals surface area (Å²) in [6, 6.07) is 20.7. The first-order chi connectivity index (χ1) is 15.8. The lowest BCUT2D eigenvalue weighted by Gasteiger charge is -2.31. The van der Waals surface area contributed by atoms with Crippen molar-refractivity contribution in [1.82, 2.24) is 18.8 Å². The molecule has 1 aromatic heterocycles. The number of hydrogen-bond donors (Lipinski definition) is 1. The van der Waals surface area contributed by atoms with Crippen molar-refractivity contribution in [3.8, 4) is 11.4 Å². The summed E-state index contributed by atoms with van der Waals surface area (Å²) in [7, 11) is -0.746.